The van der Waals surface area contributed by atoms with Crippen molar-refractivity contribution >= 4 is 17.7 Å². The summed E-state index contributed by atoms with van der Waals surface area (Å²) in [5.41, 5.74) is -4.33. The number of thioether (sulfide) groups is 1. The summed E-state index contributed by atoms with van der Waals surface area (Å²) in [6.45, 7) is 1.24. The Morgan fingerprint density at radius 2 is 2.09 bits per heavy atom. The van der Waals surface area contributed by atoms with Gasteiger partial charge in [-0.2, -0.15) is 13.2 Å². The summed E-state index contributed by atoms with van der Waals surface area (Å²) in [4.78, 5) is 10.0. The van der Waals surface area contributed by atoms with Crippen LogP contribution >= 0.6 is 11.8 Å². The minimum Gasteiger partial charge on any atom is -0.481 e. The van der Waals surface area contributed by atoms with E-state index in [0.29, 0.717) is 0 Å². The van der Waals surface area contributed by atoms with Gasteiger partial charge in [-0.3, -0.25) is 4.79 Å². The summed E-state index contributed by atoms with van der Waals surface area (Å²) in [5, 5.41) is 8.20. The fraction of sp³-hybridized carbons (Fsp3) is 0.800. The number of rotatable bonds is 3. The topological polar surface area (TPSA) is 37.3 Å². The quantitative estimate of drug-likeness (QED) is 0.735. The van der Waals surface area contributed by atoms with Crippen molar-refractivity contribution in [3.05, 3.63) is 0 Å². The minimum absolute atomic E-state index is 0.311. The van der Waals surface area contributed by atoms with Gasteiger partial charge in [0.25, 0.3) is 0 Å². The van der Waals surface area contributed by atoms with E-state index >= 15 is 0 Å². The fourth-order valence-electron chi connectivity index (χ4n) is 0.291. The predicted molar refractivity (Wildman–Crippen MR) is 35.3 cm³/mol. The van der Waals surface area contributed by atoms with Crippen molar-refractivity contribution in [3.8, 4) is 0 Å². The Hall–Kier alpha value is -0.390. The Balaban J connectivity index is 3.63. The average Bonchev–Trinajstić information content (AvgIpc) is 1.80. The lowest BCUT2D eigenvalue weighted by molar-refractivity contribution is -0.140. The number of carbonyl (C=O) groups is 1. The number of carboxylic acid groups (broad SMARTS) is 1. The van der Waals surface area contributed by atoms with E-state index in [-0.39, 0.29) is 11.8 Å². The molecular formula is C5H7F3O2S. The molecule has 0 heterocycles. The molecular weight excluding hydrogens is 181 g/mol. The summed E-state index contributed by atoms with van der Waals surface area (Å²) in [7, 11) is 0. The third-order valence-corrected chi connectivity index (χ3v) is 1.91. The zero-order valence-electron chi connectivity index (χ0n) is 5.68. The van der Waals surface area contributed by atoms with E-state index in [4.69, 9.17) is 5.11 Å². The second kappa shape index (κ2) is 3.85. The van der Waals surface area contributed by atoms with Crippen LogP contribution in [0.5, 0.6) is 0 Å². The molecule has 11 heavy (non-hydrogen) atoms. The first-order chi connectivity index (χ1) is 4.83. The van der Waals surface area contributed by atoms with E-state index in [1.807, 2.05) is 0 Å². The molecule has 0 aromatic carbocycles. The zero-order chi connectivity index (χ0) is 9.07. The van der Waals surface area contributed by atoms with Gasteiger partial charge in [-0.15, -0.1) is 0 Å². The highest BCUT2D eigenvalue weighted by Crippen LogP contribution is 2.31. The third kappa shape index (κ3) is 6.03. The van der Waals surface area contributed by atoms with E-state index in [1.54, 1.807) is 0 Å². The maximum Gasteiger partial charge on any atom is 0.441 e. The summed E-state index contributed by atoms with van der Waals surface area (Å²) in [6, 6.07) is 0. The molecule has 0 spiro atoms. The molecule has 0 amide bonds. The Bertz CT molecular complexity index is 145. The third-order valence-electron chi connectivity index (χ3n) is 0.919. The summed E-state index contributed by atoms with van der Waals surface area (Å²) in [6.07, 6.45) is 0. The SMILES string of the molecule is C[C@@H](CSC(F)(F)F)C(=O)O. The molecule has 1 N–H and O–H groups in total. The van der Waals surface area contributed by atoms with Crippen molar-refractivity contribution in [2.45, 2.75) is 12.4 Å². The van der Waals surface area contributed by atoms with E-state index in [2.05, 4.69) is 0 Å². The van der Waals surface area contributed by atoms with Gasteiger partial charge in [-0.25, -0.2) is 0 Å². The van der Waals surface area contributed by atoms with Gasteiger partial charge >= 0.3 is 11.5 Å². The normalized spacial score (nSPS) is 14.5. The number of hydrogen-bond donors (Lipinski definition) is 1. The van der Waals surface area contributed by atoms with Gasteiger partial charge in [0, 0.05) is 5.75 Å². The largest absolute Gasteiger partial charge is 0.481 e. The van der Waals surface area contributed by atoms with Crippen molar-refractivity contribution in [2.75, 3.05) is 5.75 Å². The highest BCUT2D eigenvalue weighted by atomic mass is 32.2. The van der Waals surface area contributed by atoms with Gasteiger partial charge in [-0.05, 0) is 0 Å². The van der Waals surface area contributed by atoms with Crippen LogP contribution in [0.3, 0.4) is 0 Å². The van der Waals surface area contributed by atoms with Crippen LogP contribution in [0, 0.1) is 5.92 Å². The van der Waals surface area contributed by atoms with Gasteiger partial charge in [-0.1, -0.05) is 18.7 Å². The minimum atomic E-state index is -4.33. The van der Waals surface area contributed by atoms with E-state index < -0.39 is 23.1 Å². The Labute approximate surface area is 65.8 Å². The van der Waals surface area contributed by atoms with Gasteiger partial charge in [0.05, 0.1) is 5.92 Å². The Morgan fingerprint density at radius 3 is 2.36 bits per heavy atom. The molecule has 0 aromatic rings. The first-order valence-electron chi connectivity index (χ1n) is 2.76. The molecule has 0 rings (SSSR count). The van der Waals surface area contributed by atoms with Gasteiger partial charge < -0.3 is 5.11 Å². The van der Waals surface area contributed by atoms with Crippen LogP contribution in [0.1, 0.15) is 6.92 Å². The van der Waals surface area contributed by atoms with Crippen LogP contribution in [-0.4, -0.2) is 22.3 Å². The number of hydrogen-bond acceptors (Lipinski definition) is 2. The lowest BCUT2D eigenvalue weighted by Gasteiger charge is -2.07. The predicted octanol–water partition coefficient (Wildman–Crippen LogP) is 1.96. The van der Waals surface area contributed by atoms with Crippen LogP contribution in [0.4, 0.5) is 13.2 Å². The van der Waals surface area contributed by atoms with E-state index in [9.17, 15) is 18.0 Å². The number of halogens is 3. The molecule has 0 saturated heterocycles. The molecule has 0 unspecified atom stereocenters. The van der Waals surface area contributed by atoms with Gasteiger partial charge in [0.1, 0.15) is 0 Å². The van der Waals surface area contributed by atoms with Crippen molar-refractivity contribution in [3.63, 3.8) is 0 Å². The molecule has 6 heteroatoms. The average molecular weight is 188 g/mol. The van der Waals surface area contributed by atoms with Gasteiger partial charge in [0.15, 0.2) is 0 Å². The molecule has 0 radical (unpaired) electrons. The zero-order valence-corrected chi connectivity index (χ0v) is 6.50. The molecule has 0 saturated carbocycles. The number of carboxylic acids is 1. The maximum atomic E-state index is 11.4. The molecule has 0 fully saturated rings. The van der Waals surface area contributed by atoms with Crippen molar-refractivity contribution in [1.29, 1.82) is 0 Å². The van der Waals surface area contributed by atoms with Gasteiger partial charge in [0.2, 0.25) is 0 Å². The number of aliphatic carboxylic acids is 1. The molecule has 0 aliphatic carbocycles. The fourth-order valence-corrected chi connectivity index (χ4v) is 0.872. The Morgan fingerprint density at radius 1 is 1.64 bits per heavy atom. The first kappa shape index (κ1) is 10.6. The van der Waals surface area contributed by atoms with Crippen LogP contribution in [0.2, 0.25) is 0 Å². The van der Waals surface area contributed by atoms with Crippen molar-refractivity contribution < 1.29 is 23.1 Å². The number of alkyl halides is 3. The Kier molecular flexibility index (Phi) is 3.71. The molecule has 2 nitrogen and oxygen atoms in total. The van der Waals surface area contributed by atoms with Crippen LogP contribution in [0.25, 0.3) is 0 Å². The highest BCUT2D eigenvalue weighted by Gasteiger charge is 2.29. The second-order valence-electron chi connectivity index (χ2n) is 2.00. The van der Waals surface area contributed by atoms with Crippen molar-refractivity contribution in [2.24, 2.45) is 5.92 Å². The smallest absolute Gasteiger partial charge is 0.441 e. The van der Waals surface area contributed by atoms with Crippen LogP contribution < -0.4 is 0 Å². The lowest BCUT2D eigenvalue weighted by atomic mass is 10.2. The molecule has 0 aliphatic heterocycles. The molecule has 0 aliphatic rings. The van der Waals surface area contributed by atoms with E-state index in [0.717, 1.165) is 0 Å². The van der Waals surface area contributed by atoms with Crippen LogP contribution in [-0.2, 0) is 4.79 Å². The van der Waals surface area contributed by atoms with Crippen molar-refractivity contribution in [1.82, 2.24) is 0 Å². The molecule has 1 atom stereocenters. The van der Waals surface area contributed by atoms with Crippen LogP contribution in [0.15, 0.2) is 0 Å². The summed E-state index contributed by atoms with van der Waals surface area (Å²) >= 11 is -0.311. The maximum absolute atomic E-state index is 11.4. The molecule has 66 valence electrons. The van der Waals surface area contributed by atoms with E-state index in [1.165, 1.54) is 6.92 Å². The lowest BCUT2D eigenvalue weighted by Crippen LogP contribution is -2.15. The monoisotopic (exact) mass is 188 g/mol. The summed E-state index contributed by atoms with van der Waals surface area (Å²) < 4.78 is 34.3. The second-order valence-corrected chi connectivity index (χ2v) is 3.08. The summed E-state index contributed by atoms with van der Waals surface area (Å²) in [5.74, 6) is -2.60. The first-order valence-corrected chi connectivity index (χ1v) is 3.75. The standard InChI is InChI=1S/C5H7F3O2S/c1-3(4(9)10)2-11-5(6,7)8/h3H,2H2,1H3,(H,9,10)/t3-/m0/s1. The molecule has 0 aromatic heterocycles. The highest BCUT2D eigenvalue weighted by molar-refractivity contribution is 8.00. The molecule has 0 bridgehead atoms.